The Morgan fingerprint density at radius 1 is 1.04 bits per heavy atom. The molecule has 4 nitrogen and oxygen atoms in total. The van der Waals surface area contributed by atoms with E-state index < -0.39 is 17.6 Å². The summed E-state index contributed by atoms with van der Waals surface area (Å²) in [6.45, 7) is 3.99. The minimum absolute atomic E-state index is 0.476. The highest BCUT2D eigenvalue weighted by Crippen LogP contribution is 2.36. The summed E-state index contributed by atoms with van der Waals surface area (Å²) in [6.07, 6.45) is 4.99. The molecule has 3 rings (SSSR count). The van der Waals surface area contributed by atoms with E-state index in [2.05, 4.69) is 55.8 Å². The van der Waals surface area contributed by atoms with Gasteiger partial charge in [0.25, 0.3) is 0 Å². The largest absolute Gasteiger partial charge is 0.481 e. The molecule has 1 aliphatic rings. The van der Waals surface area contributed by atoms with Crippen molar-refractivity contribution in [3.8, 4) is 0 Å². The van der Waals surface area contributed by atoms with Crippen LogP contribution in [0.4, 0.5) is 11.4 Å². The second-order valence-corrected chi connectivity index (χ2v) is 9.67. The molecule has 0 amide bonds. The Labute approximate surface area is 196 Å². The lowest BCUT2D eigenvalue weighted by molar-refractivity contribution is -0.141. The summed E-state index contributed by atoms with van der Waals surface area (Å²) in [5.41, 5.74) is 2.62. The predicted molar refractivity (Wildman–Crippen MR) is 132 cm³/mol. The summed E-state index contributed by atoms with van der Waals surface area (Å²) in [7, 11) is 0. The van der Waals surface area contributed by atoms with Crippen LogP contribution < -0.4 is 10.6 Å². The van der Waals surface area contributed by atoms with E-state index >= 15 is 0 Å². The molecular formula is C21H19ClI2N2O2. The molecule has 1 unspecified atom stereocenters. The van der Waals surface area contributed by atoms with E-state index in [4.69, 9.17) is 11.6 Å². The zero-order chi connectivity index (χ0) is 20.5. The number of carboxylic acid groups (broad SMARTS) is 1. The highest BCUT2D eigenvalue weighted by atomic mass is 127. The van der Waals surface area contributed by atoms with Crippen molar-refractivity contribution in [1.29, 1.82) is 0 Å². The van der Waals surface area contributed by atoms with Gasteiger partial charge in [-0.2, -0.15) is 0 Å². The lowest BCUT2D eigenvalue weighted by Gasteiger charge is -2.40. The van der Waals surface area contributed by atoms with Crippen molar-refractivity contribution >= 4 is 74.1 Å². The molecule has 0 saturated carbocycles. The van der Waals surface area contributed by atoms with Crippen LogP contribution in [0.1, 0.15) is 11.1 Å². The summed E-state index contributed by atoms with van der Waals surface area (Å²) >= 11 is 10.8. The minimum Gasteiger partial charge on any atom is -0.481 e. The van der Waals surface area contributed by atoms with Crippen LogP contribution in [0.5, 0.6) is 0 Å². The van der Waals surface area contributed by atoms with Crippen molar-refractivity contribution in [2.45, 2.75) is 19.5 Å². The summed E-state index contributed by atoms with van der Waals surface area (Å²) in [4.78, 5) is 12.1. The molecule has 0 bridgehead atoms. The number of carbonyl (C=O) groups is 1. The molecule has 0 fully saturated rings. The highest BCUT2D eigenvalue weighted by molar-refractivity contribution is 14.1. The van der Waals surface area contributed by atoms with Crippen molar-refractivity contribution in [3.63, 3.8) is 0 Å². The summed E-state index contributed by atoms with van der Waals surface area (Å²) in [5.74, 6) is -1.80. The van der Waals surface area contributed by atoms with Gasteiger partial charge in [0.2, 0.25) is 0 Å². The van der Waals surface area contributed by atoms with E-state index in [1.165, 1.54) is 0 Å². The number of rotatable bonds is 5. The second kappa shape index (κ2) is 8.62. The first-order chi connectivity index (χ1) is 13.2. The molecule has 2 aromatic carbocycles. The maximum atomic E-state index is 12.1. The van der Waals surface area contributed by atoms with E-state index in [0.29, 0.717) is 5.03 Å². The smallest absolute Gasteiger partial charge is 0.315 e. The topological polar surface area (TPSA) is 61.4 Å². The van der Waals surface area contributed by atoms with Crippen LogP contribution in [0.15, 0.2) is 59.7 Å². The normalized spacial score (nSPS) is 17.8. The number of anilines is 2. The third-order valence-corrected chi connectivity index (χ3v) is 6.21. The first-order valence-electron chi connectivity index (χ1n) is 8.58. The van der Waals surface area contributed by atoms with Crippen molar-refractivity contribution < 1.29 is 9.90 Å². The van der Waals surface area contributed by atoms with Crippen molar-refractivity contribution in [2.75, 3.05) is 10.6 Å². The van der Waals surface area contributed by atoms with Crippen LogP contribution in [0, 0.1) is 26.9 Å². The number of aryl methyl sites for hydroxylation is 2. The Kier molecular flexibility index (Phi) is 6.61. The number of hydrogen-bond donors (Lipinski definition) is 3. The number of allylic oxidation sites excluding steroid dienone is 2. The zero-order valence-corrected chi connectivity index (χ0v) is 20.3. The van der Waals surface area contributed by atoms with Gasteiger partial charge in [0.05, 0.1) is 0 Å². The van der Waals surface area contributed by atoms with Crippen LogP contribution in [-0.4, -0.2) is 16.7 Å². The molecule has 0 radical (unpaired) electrons. The zero-order valence-electron chi connectivity index (χ0n) is 15.3. The van der Waals surface area contributed by atoms with Crippen LogP contribution in [0.2, 0.25) is 0 Å². The Balaban J connectivity index is 2.12. The molecule has 0 saturated heterocycles. The standard InChI is InChI=1S/C21H19ClI2N2O2/c1-12-9-15(23)4-7-18(12)25-21(11-14(22)3-6-17(21)20(27)28)26-19-8-5-16(24)10-13(19)2/h3-11,17,25-26H,1-2H3,(H,27,28). The fourth-order valence-electron chi connectivity index (χ4n) is 3.21. The van der Waals surface area contributed by atoms with E-state index in [1.54, 1.807) is 18.2 Å². The average Bonchev–Trinajstić information content (AvgIpc) is 2.60. The van der Waals surface area contributed by atoms with Gasteiger partial charge >= 0.3 is 5.97 Å². The monoisotopic (exact) mass is 620 g/mol. The number of carboxylic acids is 1. The Hall–Kier alpha value is -1.26. The number of hydrogen-bond acceptors (Lipinski definition) is 3. The SMILES string of the molecule is Cc1cc(I)ccc1NC1(Nc2ccc(I)cc2C)C=C(Cl)C=CC1C(=O)O. The Bertz CT molecular complexity index is 935. The van der Waals surface area contributed by atoms with Crippen molar-refractivity contribution in [1.82, 2.24) is 0 Å². The fraction of sp³-hybridized carbons (Fsp3) is 0.190. The van der Waals surface area contributed by atoms with Gasteiger partial charge in [0.1, 0.15) is 11.6 Å². The van der Waals surface area contributed by atoms with Gasteiger partial charge in [-0.15, -0.1) is 0 Å². The van der Waals surface area contributed by atoms with Gasteiger partial charge in [-0.25, -0.2) is 0 Å². The molecule has 3 N–H and O–H groups in total. The van der Waals surface area contributed by atoms with Gasteiger partial charge in [-0.1, -0.05) is 17.7 Å². The van der Waals surface area contributed by atoms with Crippen molar-refractivity contribution in [2.24, 2.45) is 5.92 Å². The number of nitrogens with one attached hydrogen (secondary N) is 2. The lowest BCUT2D eigenvalue weighted by atomic mass is 9.86. The maximum absolute atomic E-state index is 12.1. The number of aliphatic carboxylic acids is 1. The van der Waals surface area contributed by atoms with Gasteiger partial charge in [-0.05, 0) is 119 Å². The third kappa shape index (κ3) is 4.65. The van der Waals surface area contributed by atoms with E-state index in [-0.39, 0.29) is 0 Å². The van der Waals surface area contributed by atoms with Gasteiger partial charge in [-0.3, -0.25) is 4.79 Å². The average molecular weight is 621 g/mol. The van der Waals surface area contributed by atoms with Crippen LogP contribution in [0.3, 0.4) is 0 Å². The van der Waals surface area contributed by atoms with E-state index in [1.807, 2.05) is 50.2 Å². The van der Waals surface area contributed by atoms with Crippen LogP contribution in [-0.2, 0) is 4.79 Å². The molecule has 1 atom stereocenters. The van der Waals surface area contributed by atoms with Gasteiger partial charge in [0.15, 0.2) is 0 Å². The Morgan fingerprint density at radius 3 is 1.96 bits per heavy atom. The molecule has 28 heavy (non-hydrogen) atoms. The lowest BCUT2D eigenvalue weighted by Crippen LogP contribution is -2.54. The maximum Gasteiger partial charge on any atom is 0.315 e. The third-order valence-electron chi connectivity index (χ3n) is 4.63. The molecule has 1 aliphatic carbocycles. The number of halogens is 3. The molecule has 146 valence electrons. The quantitative estimate of drug-likeness (QED) is 0.278. The fourth-order valence-corrected chi connectivity index (χ4v) is 4.75. The molecule has 2 aromatic rings. The molecular weight excluding hydrogens is 602 g/mol. The Morgan fingerprint density at radius 2 is 1.54 bits per heavy atom. The first kappa shape index (κ1) is 21.4. The first-order valence-corrected chi connectivity index (χ1v) is 11.1. The van der Waals surface area contributed by atoms with Crippen LogP contribution in [0.25, 0.3) is 0 Å². The van der Waals surface area contributed by atoms with Crippen LogP contribution >= 0.6 is 56.8 Å². The number of benzene rings is 2. The summed E-state index contributed by atoms with van der Waals surface area (Å²) in [6, 6.07) is 12.0. The predicted octanol–water partition coefficient (Wildman–Crippen LogP) is 6.13. The van der Waals surface area contributed by atoms with Gasteiger partial charge < -0.3 is 15.7 Å². The molecule has 0 spiro atoms. The summed E-state index contributed by atoms with van der Waals surface area (Å²) in [5, 5.41) is 17.3. The molecule has 0 aliphatic heterocycles. The summed E-state index contributed by atoms with van der Waals surface area (Å²) < 4.78 is 2.23. The molecule has 7 heteroatoms. The second-order valence-electron chi connectivity index (χ2n) is 6.74. The van der Waals surface area contributed by atoms with E-state index in [0.717, 1.165) is 29.6 Å². The highest BCUT2D eigenvalue weighted by Gasteiger charge is 2.43. The van der Waals surface area contributed by atoms with E-state index in [9.17, 15) is 9.90 Å². The van der Waals surface area contributed by atoms with Gasteiger partial charge in [0, 0.05) is 23.5 Å². The molecule has 0 aromatic heterocycles. The van der Waals surface area contributed by atoms with Crippen molar-refractivity contribution in [3.05, 3.63) is 77.9 Å². The molecule has 0 heterocycles. The minimum atomic E-state index is -1.12.